The number of fused-ring (bicyclic) bond motifs is 2. The average molecular weight is 317 g/mol. The zero-order valence-electron chi connectivity index (χ0n) is 13.5. The van der Waals surface area contributed by atoms with Crippen LogP contribution in [0.15, 0.2) is 54.2 Å². The standard InChI is InChI=1S/C20H19N3O/c1-13-10-16-11-17(6-7-18(16)22-13)23-20(24)19-12-15-5-3-2-4-14(15)8-9-21-19/h2-7,10-12,21-22H,8-9H2,1H3,(H,23,24). The number of rotatable bonds is 2. The molecule has 0 saturated heterocycles. The molecule has 3 aromatic rings. The Morgan fingerprint density at radius 2 is 2.00 bits per heavy atom. The molecule has 0 spiro atoms. The van der Waals surface area contributed by atoms with Crippen molar-refractivity contribution in [3.8, 4) is 0 Å². The molecular formula is C20H19N3O. The summed E-state index contributed by atoms with van der Waals surface area (Å²) in [5.74, 6) is -0.113. The number of H-pyrrole nitrogens is 1. The lowest BCUT2D eigenvalue weighted by atomic mass is 10.1. The van der Waals surface area contributed by atoms with Crippen molar-refractivity contribution in [3.63, 3.8) is 0 Å². The first-order chi connectivity index (χ1) is 11.7. The van der Waals surface area contributed by atoms with Gasteiger partial charge in [-0.25, -0.2) is 0 Å². The van der Waals surface area contributed by atoms with Gasteiger partial charge in [0.25, 0.3) is 5.91 Å². The summed E-state index contributed by atoms with van der Waals surface area (Å²) in [6, 6.07) is 16.2. The number of nitrogens with one attached hydrogen (secondary N) is 3. The van der Waals surface area contributed by atoms with E-state index in [2.05, 4.69) is 27.8 Å². The fourth-order valence-electron chi connectivity index (χ4n) is 3.14. The largest absolute Gasteiger partial charge is 0.380 e. The third-order valence-corrected chi connectivity index (χ3v) is 4.32. The third kappa shape index (κ3) is 2.78. The highest BCUT2D eigenvalue weighted by molar-refractivity contribution is 6.07. The maximum atomic E-state index is 12.6. The molecular weight excluding hydrogens is 298 g/mol. The van der Waals surface area contributed by atoms with Gasteiger partial charge in [0, 0.05) is 28.8 Å². The van der Waals surface area contributed by atoms with Crippen molar-refractivity contribution < 1.29 is 4.79 Å². The van der Waals surface area contributed by atoms with Crippen molar-refractivity contribution in [2.75, 3.05) is 11.9 Å². The number of amides is 1. The third-order valence-electron chi connectivity index (χ3n) is 4.32. The van der Waals surface area contributed by atoms with E-state index in [9.17, 15) is 4.79 Å². The van der Waals surface area contributed by atoms with Gasteiger partial charge in [0.15, 0.2) is 0 Å². The van der Waals surface area contributed by atoms with Gasteiger partial charge in [0.2, 0.25) is 0 Å². The van der Waals surface area contributed by atoms with Crippen molar-refractivity contribution >= 4 is 28.6 Å². The topological polar surface area (TPSA) is 56.9 Å². The maximum Gasteiger partial charge on any atom is 0.271 e. The lowest BCUT2D eigenvalue weighted by molar-refractivity contribution is -0.113. The molecule has 4 heteroatoms. The highest BCUT2D eigenvalue weighted by Gasteiger charge is 2.14. The van der Waals surface area contributed by atoms with Crippen LogP contribution in [0.4, 0.5) is 5.69 Å². The predicted octanol–water partition coefficient (Wildman–Crippen LogP) is 3.60. The number of hydrogen-bond donors (Lipinski definition) is 3. The van der Waals surface area contributed by atoms with Gasteiger partial charge < -0.3 is 15.6 Å². The highest BCUT2D eigenvalue weighted by Crippen LogP contribution is 2.21. The van der Waals surface area contributed by atoms with Crippen LogP contribution < -0.4 is 10.6 Å². The summed E-state index contributed by atoms with van der Waals surface area (Å²) in [5, 5.41) is 7.32. The highest BCUT2D eigenvalue weighted by atomic mass is 16.2. The van der Waals surface area contributed by atoms with Gasteiger partial charge in [-0.15, -0.1) is 0 Å². The molecule has 120 valence electrons. The lowest BCUT2D eigenvalue weighted by Gasteiger charge is -2.09. The van der Waals surface area contributed by atoms with Crippen molar-refractivity contribution in [3.05, 3.63) is 71.0 Å². The summed E-state index contributed by atoms with van der Waals surface area (Å²) in [4.78, 5) is 15.9. The molecule has 0 fully saturated rings. The van der Waals surface area contributed by atoms with Crippen LogP contribution in [0.5, 0.6) is 0 Å². The first-order valence-corrected chi connectivity index (χ1v) is 8.13. The van der Waals surface area contributed by atoms with Crippen LogP contribution in [0.1, 0.15) is 16.8 Å². The normalized spacial score (nSPS) is 13.6. The van der Waals surface area contributed by atoms with Crippen LogP contribution in [-0.4, -0.2) is 17.4 Å². The van der Waals surface area contributed by atoms with E-state index in [1.54, 1.807) is 0 Å². The Morgan fingerprint density at radius 3 is 2.92 bits per heavy atom. The van der Waals surface area contributed by atoms with Gasteiger partial charge in [-0.2, -0.15) is 0 Å². The number of benzene rings is 2. The van der Waals surface area contributed by atoms with E-state index in [1.807, 2.05) is 49.4 Å². The molecule has 0 atom stereocenters. The number of aryl methyl sites for hydroxylation is 1. The fourth-order valence-corrected chi connectivity index (χ4v) is 3.14. The van der Waals surface area contributed by atoms with Gasteiger partial charge in [0.1, 0.15) is 5.70 Å². The average Bonchev–Trinajstić information content (AvgIpc) is 2.80. The van der Waals surface area contributed by atoms with Gasteiger partial charge in [-0.05, 0) is 54.8 Å². The van der Waals surface area contributed by atoms with E-state index in [0.717, 1.165) is 40.8 Å². The van der Waals surface area contributed by atoms with E-state index < -0.39 is 0 Å². The van der Waals surface area contributed by atoms with E-state index in [0.29, 0.717) is 5.70 Å². The Bertz CT molecular complexity index is 952. The Kier molecular flexibility index (Phi) is 3.58. The van der Waals surface area contributed by atoms with Crippen molar-refractivity contribution in [1.29, 1.82) is 0 Å². The van der Waals surface area contributed by atoms with Crippen molar-refractivity contribution in [2.24, 2.45) is 0 Å². The number of carbonyl (C=O) groups excluding carboxylic acids is 1. The van der Waals surface area contributed by atoms with Gasteiger partial charge in [-0.3, -0.25) is 4.79 Å². The minimum absolute atomic E-state index is 0.113. The Hall–Kier alpha value is -3.01. The Balaban J connectivity index is 1.59. The smallest absolute Gasteiger partial charge is 0.271 e. The first-order valence-electron chi connectivity index (χ1n) is 8.13. The molecule has 0 unspecified atom stereocenters. The van der Waals surface area contributed by atoms with Crippen LogP contribution >= 0.6 is 0 Å². The van der Waals surface area contributed by atoms with Crippen LogP contribution in [0, 0.1) is 6.92 Å². The zero-order chi connectivity index (χ0) is 16.5. The van der Waals surface area contributed by atoms with Crippen molar-refractivity contribution in [2.45, 2.75) is 13.3 Å². The lowest BCUT2D eigenvalue weighted by Crippen LogP contribution is -2.26. The second kappa shape index (κ2) is 5.89. The molecule has 0 aliphatic carbocycles. The summed E-state index contributed by atoms with van der Waals surface area (Å²) in [5.41, 5.74) is 5.95. The van der Waals surface area contributed by atoms with E-state index in [1.165, 1.54) is 5.56 Å². The number of aromatic amines is 1. The van der Waals surface area contributed by atoms with Crippen molar-refractivity contribution in [1.82, 2.24) is 10.3 Å². The second-order valence-electron chi connectivity index (χ2n) is 6.14. The minimum Gasteiger partial charge on any atom is -0.380 e. The van der Waals surface area contributed by atoms with E-state index in [4.69, 9.17) is 0 Å². The molecule has 2 aromatic carbocycles. The Labute approximate surface area is 140 Å². The molecule has 2 heterocycles. The second-order valence-corrected chi connectivity index (χ2v) is 6.14. The molecule has 4 rings (SSSR count). The summed E-state index contributed by atoms with van der Waals surface area (Å²) >= 11 is 0. The monoisotopic (exact) mass is 317 g/mol. The van der Waals surface area contributed by atoms with Crippen LogP contribution in [-0.2, 0) is 11.2 Å². The van der Waals surface area contributed by atoms with Gasteiger partial charge >= 0.3 is 0 Å². The van der Waals surface area contributed by atoms with E-state index >= 15 is 0 Å². The zero-order valence-corrected chi connectivity index (χ0v) is 13.5. The molecule has 1 amide bonds. The summed E-state index contributed by atoms with van der Waals surface area (Å²) < 4.78 is 0. The SMILES string of the molecule is Cc1cc2cc(NC(=O)C3=Cc4ccccc4CCN3)ccc2[nH]1. The molecule has 1 aromatic heterocycles. The first kappa shape index (κ1) is 14.6. The molecule has 0 radical (unpaired) electrons. The van der Waals surface area contributed by atoms with Crippen LogP contribution in [0.2, 0.25) is 0 Å². The molecule has 1 aliphatic rings. The fraction of sp³-hybridized carbons (Fsp3) is 0.150. The summed E-state index contributed by atoms with van der Waals surface area (Å²) in [6.45, 7) is 2.78. The molecule has 24 heavy (non-hydrogen) atoms. The molecule has 3 N–H and O–H groups in total. The number of anilines is 1. The quantitative estimate of drug-likeness (QED) is 0.676. The Morgan fingerprint density at radius 1 is 1.12 bits per heavy atom. The summed E-state index contributed by atoms with van der Waals surface area (Å²) in [7, 11) is 0. The van der Waals surface area contributed by atoms with Gasteiger partial charge in [-0.1, -0.05) is 24.3 Å². The molecule has 0 saturated carbocycles. The van der Waals surface area contributed by atoms with E-state index in [-0.39, 0.29) is 5.91 Å². The molecule has 1 aliphatic heterocycles. The molecule has 0 bridgehead atoms. The van der Waals surface area contributed by atoms with Crippen LogP contribution in [0.25, 0.3) is 17.0 Å². The number of hydrogen-bond acceptors (Lipinski definition) is 2. The number of carbonyl (C=O) groups is 1. The minimum atomic E-state index is -0.113. The number of aromatic nitrogens is 1. The van der Waals surface area contributed by atoms with Crippen LogP contribution in [0.3, 0.4) is 0 Å². The summed E-state index contributed by atoms with van der Waals surface area (Å²) in [6.07, 6.45) is 2.84. The molecule has 4 nitrogen and oxygen atoms in total. The van der Waals surface area contributed by atoms with Gasteiger partial charge in [0.05, 0.1) is 0 Å². The predicted molar refractivity (Wildman–Crippen MR) is 97.8 cm³/mol. The maximum absolute atomic E-state index is 12.6.